The first-order valence-electron chi connectivity index (χ1n) is 11.4. The average molecular weight is 486 g/mol. The number of thiocarbonyl (C=S) groups is 1. The average Bonchev–Trinajstić information content (AvgIpc) is 3.39. The summed E-state index contributed by atoms with van der Waals surface area (Å²) in [5, 5.41) is 4.12. The Bertz CT molecular complexity index is 1360. The van der Waals surface area contributed by atoms with E-state index in [4.69, 9.17) is 21.7 Å². The molecule has 0 spiro atoms. The van der Waals surface area contributed by atoms with Crippen molar-refractivity contribution < 1.29 is 9.47 Å². The van der Waals surface area contributed by atoms with Crippen LogP contribution >= 0.6 is 12.2 Å². The summed E-state index contributed by atoms with van der Waals surface area (Å²) in [5.41, 5.74) is 5.04. The summed E-state index contributed by atoms with van der Waals surface area (Å²) in [6.07, 6.45) is 3.62. The number of methoxy groups -OCH3 is 2. The van der Waals surface area contributed by atoms with Gasteiger partial charge in [-0.25, -0.2) is 4.98 Å². The fraction of sp³-hybridized carbons (Fsp3) is 0.222. The Morgan fingerprint density at radius 2 is 1.69 bits per heavy atom. The summed E-state index contributed by atoms with van der Waals surface area (Å²) in [6.45, 7) is 4.22. The quantitative estimate of drug-likeness (QED) is 0.382. The van der Waals surface area contributed by atoms with Crippen molar-refractivity contribution in [2.24, 2.45) is 0 Å². The molecular weight excluding hydrogens is 458 g/mol. The van der Waals surface area contributed by atoms with Gasteiger partial charge in [0.25, 0.3) is 0 Å². The summed E-state index contributed by atoms with van der Waals surface area (Å²) in [4.78, 5) is 11.4. The van der Waals surface area contributed by atoms with Gasteiger partial charge >= 0.3 is 0 Å². The lowest BCUT2D eigenvalue weighted by molar-refractivity contribution is 0.403. The minimum Gasteiger partial charge on any atom is -0.497 e. The van der Waals surface area contributed by atoms with Crippen LogP contribution in [0.4, 0.5) is 5.69 Å². The van der Waals surface area contributed by atoms with E-state index in [1.54, 1.807) is 14.2 Å². The third-order valence-corrected chi connectivity index (χ3v) is 6.73. The molecule has 0 unspecified atom stereocenters. The highest BCUT2D eigenvalue weighted by Crippen LogP contribution is 2.46. The number of aromatic nitrogens is 3. The third-order valence-electron chi connectivity index (χ3n) is 6.41. The van der Waals surface area contributed by atoms with Crippen molar-refractivity contribution in [1.29, 1.82) is 0 Å². The van der Waals surface area contributed by atoms with E-state index in [2.05, 4.69) is 44.7 Å². The van der Waals surface area contributed by atoms with Gasteiger partial charge in [-0.15, -0.1) is 0 Å². The lowest BCUT2D eigenvalue weighted by atomic mass is 9.96. The number of hydrogen-bond donors (Lipinski definition) is 1. The van der Waals surface area contributed by atoms with Crippen LogP contribution in [0.3, 0.4) is 0 Å². The molecule has 35 heavy (non-hydrogen) atoms. The van der Waals surface area contributed by atoms with Gasteiger partial charge in [-0.1, -0.05) is 12.1 Å². The van der Waals surface area contributed by atoms with Gasteiger partial charge in [0.05, 0.1) is 37.7 Å². The van der Waals surface area contributed by atoms with Crippen LogP contribution in [0.2, 0.25) is 0 Å². The van der Waals surface area contributed by atoms with Crippen molar-refractivity contribution >= 4 is 23.0 Å². The van der Waals surface area contributed by atoms with Crippen LogP contribution in [0, 0.1) is 13.8 Å². The van der Waals surface area contributed by atoms with Crippen molar-refractivity contribution in [3.63, 3.8) is 0 Å². The number of benzene rings is 1. The summed E-state index contributed by atoms with van der Waals surface area (Å²) < 4.78 is 13.5. The van der Waals surface area contributed by atoms with E-state index in [-0.39, 0.29) is 12.1 Å². The number of nitrogens with one attached hydrogen (secondary N) is 1. The highest BCUT2D eigenvalue weighted by atomic mass is 32.1. The number of nitrogens with zero attached hydrogens (tertiary/aromatic N) is 4. The van der Waals surface area contributed by atoms with E-state index in [9.17, 15) is 0 Å². The highest BCUT2D eigenvalue weighted by Gasteiger charge is 2.43. The Kier molecular flexibility index (Phi) is 6.13. The second-order valence-electron chi connectivity index (χ2n) is 8.38. The van der Waals surface area contributed by atoms with Crippen molar-refractivity contribution in [1.82, 2.24) is 19.9 Å². The molecule has 0 bridgehead atoms. The largest absolute Gasteiger partial charge is 0.497 e. The fourth-order valence-corrected chi connectivity index (χ4v) is 5.18. The van der Waals surface area contributed by atoms with E-state index < -0.39 is 0 Å². The molecule has 8 heteroatoms. The van der Waals surface area contributed by atoms with Crippen LogP contribution in [0.1, 0.15) is 34.7 Å². The molecule has 4 aromatic rings. The topological polar surface area (TPSA) is 64.4 Å². The number of aryl methyl sites for hydroxylation is 1. The van der Waals surface area contributed by atoms with Gasteiger partial charge in [-0.05, 0) is 74.1 Å². The summed E-state index contributed by atoms with van der Waals surface area (Å²) in [7, 11) is 3.32. The van der Waals surface area contributed by atoms with Crippen molar-refractivity contribution in [3.8, 4) is 17.3 Å². The first-order valence-corrected chi connectivity index (χ1v) is 11.8. The number of ether oxygens (including phenoxy) is 2. The van der Waals surface area contributed by atoms with Crippen molar-refractivity contribution in [2.45, 2.75) is 25.9 Å². The number of anilines is 1. The molecule has 7 nitrogen and oxygen atoms in total. The van der Waals surface area contributed by atoms with Gasteiger partial charge in [-0.3, -0.25) is 4.98 Å². The summed E-state index contributed by atoms with van der Waals surface area (Å²) in [5.74, 6) is 2.31. The molecule has 1 aliphatic heterocycles. The molecule has 0 saturated carbocycles. The van der Waals surface area contributed by atoms with Crippen LogP contribution in [-0.4, -0.2) is 33.9 Å². The first-order chi connectivity index (χ1) is 17.0. The van der Waals surface area contributed by atoms with Gasteiger partial charge < -0.3 is 24.3 Å². The van der Waals surface area contributed by atoms with E-state index >= 15 is 0 Å². The molecule has 2 atom stereocenters. The highest BCUT2D eigenvalue weighted by molar-refractivity contribution is 7.80. The fourth-order valence-electron chi connectivity index (χ4n) is 4.84. The summed E-state index contributed by atoms with van der Waals surface area (Å²) >= 11 is 5.91. The van der Waals surface area contributed by atoms with Gasteiger partial charge in [-0.2, -0.15) is 0 Å². The zero-order chi connectivity index (χ0) is 24.5. The molecule has 0 amide bonds. The Morgan fingerprint density at radius 3 is 2.34 bits per heavy atom. The van der Waals surface area contributed by atoms with E-state index in [0.717, 1.165) is 39.9 Å². The molecule has 1 fully saturated rings. The molecule has 1 aromatic carbocycles. The molecular formula is C27H27N5O2S. The second-order valence-corrected chi connectivity index (χ2v) is 8.77. The van der Waals surface area contributed by atoms with Crippen LogP contribution in [0.25, 0.3) is 5.82 Å². The molecule has 178 valence electrons. The standard InChI is InChI=1S/C27H27N5O2S/c1-17-15-20(18(2)31(17)24-10-6-8-14-29-24)26-25(21-9-5-7-13-28-21)30-27(35)32(26)22-16-19(33-3)11-12-23(22)34-4/h5-16,25-26H,1-4H3,(H,30,35)/t25-,26-/m1/s1. The molecule has 3 aromatic heterocycles. The van der Waals surface area contributed by atoms with Gasteiger partial charge in [0.2, 0.25) is 0 Å². The van der Waals surface area contributed by atoms with Crippen molar-refractivity contribution in [2.75, 3.05) is 19.1 Å². The predicted molar refractivity (Wildman–Crippen MR) is 141 cm³/mol. The maximum Gasteiger partial charge on any atom is 0.174 e. The maximum atomic E-state index is 5.91. The lowest BCUT2D eigenvalue weighted by Gasteiger charge is -2.29. The van der Waals surface area contributed by atoms with Gasteiger partial charge in [0.1, 0.15) is 17.3 Å². The van der Waals surface area contributed by atoms with Crippen LogP contribution in [0.15, 0.2) is 73.1 Å². The molecule has 0 radical (unpaired) electrons. The Labute approximate surface area is 210 Å². The third kappa shape index (κ3) is 4.00. The van der Waals surface area contributed by atoms with Crippen LogP contribution in [0.5, 0.6) is 11.5 Å². The number of pyridine rings is 2. The zero-order valence-electron chi connectivity index (χ0n) is 20.1. The molecule has 1 aliphatic rings. The van der Waals surface area contributed by atoms with Crippen LogP contribution in [-0.2, 0) is 0 Å². The maximum absolute atomic E-state index is 5.91. The Balaban J connectivity index is 1.72. The summed E-state index contributed by atoms with van der Waals surface area (Å²) in [6, 6.07) is 19.5. The SMILES string of the molecule is COc1ccc(OC)c(N2C(=S)N[C@H](c3ccccn3)[C@H]2c2cc(C)n(-c3ccccn3)c2C)c1. The van der Waals surface area contributed by atoms with Gasteiger partial charge in [0.15, 0.2) is 5.11 Å². The molecule has 0 aliphatic carbocycles. The Morgan fingerprint density at radius 1 is 0.914 bits per heavy atom. The molecule has 5 rings (SSSR count). The van der Waals surface area contributed by atoms with E-state index in [1.807, 2.05) is 67.0 Å². The van der Waals surface area contributed by atoms with E-state index in [1.165, 1.54) is 0 Å². The second kappa shape index (κ2) is 9.38. The van der Waals surface area contributed by atoms with Gasteiger partial charge in [0, 0.05) is 29.8 Å². The smallest absolute Gasteiger partial charge is 0.174 e. The predicted octanol–water partition coefficient (Wildman–Crippen LogP) is 5.08. The first kappa shape index (κ1) is 22.9. The number of hydrogen-bond acceptors (Lipinski definition) is 5. The molecule has 1 N–H and O–H groups in total. The Hall–Kier alpha value is -3.91. The molecule has 4 heterocycles. The normalized spacial score (nSPS) is 17.4. The minimum absolute atomic E-state index is 0.169. The van der Waals surface area contributed by atoms with E-state index in [0.29, 0.717) is 10.9 Å². The monoisotopic (exact) mass is 485 g/mol. The van der Waals surface area contributed by atoms with Crippen molar-refractivity contribution in [3.05, 3.63) is 95.7 Å². The molecule has 1 saturated heterocycles. The van der Waals surface area contributed by atoms with Crippen LogP contribution < -0.4 is 19.7 Å². The lowest BCUT2D eigenvalue weighted by Crippen LogP contribution is -2.30. The minimum atomic E-state index is -0.179. The number of rotatable bonds is 6. The zero-order valence-corrected chi connectivity index (χ0v) is 20.9.